The van der Waals surface area contributed by atoms with E-state index in [4.69, 9.17) is 4.74 Å². The predicted octanol–water partition coefficient (Wildman–Crippen LogP) is 3.05. The standard InChI is InChI=1S/C24H23N7O2S/c32-24(27-25-16-21-10-11-22(34-21)30-12-14-33-15-13-30)20-8-6-18(7-9-20)17-31-28-23(26-29-31)19-4-2-1-3-5-19/h1-11,16H,12-15,17H2,(H,27,32). The lowest BCUT2D eigenvalue weighted by Gasteiger charge is -2.27. The molecular weight excluding hydrogens is 450 g/mol. The summed E-state index contributed by atoms with van der Waals surface area (Å²) >= 11 is 1.64. The van der Waals surface area contributed by atoms with Crippen molar-refractivity contribution in [2.45, 2.75) is 6.54 Å². The van der Waals surface area contributed by atoms with Crippen LogP contribution >= 0.6 is 11.3 Å². The number of amides is 1. The molecule has 1 saturated heterocycles. The summed E-state index contributed by atoms with van der Waals surface area (Å²) in [6.45, 7) is 3.75. The Morgan fingerprint density at radius 2 is 1.85 bits per heavy atom. The van der Waals surface area contributed by atoms with Crippen LogP contribution in [-0.4, -0.2) is 58.6 Å². The zero-order valence-electron chi connectivity index (χ0n) is 18.4. The largest absolute Gasteiger partial charge is 0.378 e. The van der Waals surface area contributed by atoms with E-state index in [1.54, 1.807) is 29.7 Å². The lowest BCUT2D eigenvalue weighted by molar-refractivity contribution is 0.0955. The van der Waals surface area contributed by atoms with E-state index in [0.717, 1.165) is 42.3 Å². The Labute approximate surface area is 200 Å². The summed E-state index contributed by atoms with van der Waals surface area (Å²) in [5, 5.41) is 17.9. The van der Waals surface area contributed by atoms with Crippen LogP contribution in [-0.2, 0) is 11.3 Å². The maximum Gasteiger partial charge on any atom is 0.271 e. The highest BCUT2D eigenvalue weighted by atomic mass is 32.1. The number of hydrogen-bond donors (Lipinski definition) is 1. The average Bonchev–Trinajstić information content (AvgIpc) is 3.56. The second kappa shape index (κ2) is 10.4. The van der Waals surface area contributed by atoms with Crippen molar-refractivity contribution in [3.8, 4) is 11.4 Å². The molecule has 0 saturated carbocycles. The van der Waals surface area contributed by atoms with Crippen LogP contribution in [0.4, 0.5) is 5.00 Å². The summed E-state index contributed by atoms with van der Waals surface area (Å²) in [5.74, 6) is 0.315. The third-order valence-electron chi connectivity index (χ3n) is 5.32. The first-order valence-corrected chi connectivity index (χ1v) is 11.7. The molecule has 9 nitrogen and oxygen atoms in total. The monoisotopic (exact) mass is 473 g/mol. The van der Waals surface area contributed by atoms with Crippen molar-refractivity contribution in [1.82, 2.24) is 25.6 Å². The van der Waals surface area contributed by atoms with Crippen molar-refractivity contribution in [3.63, 3.8) is 0 Å². The van der Waals surface area contributed by atoms with Crippen molar-refractivity contribution in [2.24, 2.45) is 5.10 Å². The second-order valence-corrected chi connectivity index (χ2v) is 8.77. The molecule has 0 atom stereocenters. The minimum absolute atomic E-state index is 0.266. The molecule has 0 bridgehead atoms. The maximum atomic E-state index is 12.4. The van der Waals surface area contributed by atoms with Crippen LogP contribution in [0.25, 0.3) is 11.4 Å². The molecule has 0 spiro atoms. The Kier molecular flexibility index (Phi) is 6.68. The number of rotatable bonds is 7. The van der Waals surface area contributed by atoms with Gasteiger partial charge in [-0.2, -0.15) is 9.90 Å². The van der Waals surface area contributed by atoms with Crippen LogP contribution in [0.1, 0.15) is 20.8 Å². The van der Waals surface area contributed by atoms with Gasteiger partial charge in [-0.05, 0) is 35.0 Å². The van der Waals surface area contributed by atoms with Gasteiger partial charge in [0.25, 0.3) is 5.91 Å². The normalized spacial score (nSPS) is 13.9. The fourth-order valence-electron chi connectivity index (χ4n) is 3.52. The van der Waals surface area contributed by atoms with Gasteiger partial charge < -0.3 is 9.64 Å². The number of carbonyl (C=O) groups excluding carboxylic acids is 1. The summed E-state index contributed by atoms with van der Waals surface area (Å²) in [6, 6.07) is 21.1. The van der Waals surface area contributed by atoms with Crippen molar-refractivity contribution in [3.05, 3.63) is 82.7 Å². The van der Waals surface area contributed by atoms with Gasteiger partial charge in [0.05, 0.1) is 31.0 Å². The Morgan fingerprint density at radius 1 is 1.06 bits per heavy atom. The van der Waals surface area contributed by atoms with Crippen molar-refractivity contribution in [2.75, 3.05) is 31.2 Å². The Morgan fingerprint density at radius 3 is 2.65 bits per heavy atom. The molecule has 4 aromatic rings. The van der Waals surface area contributed by atoms with E-state index >= 15 is 0 Å². The van der Waals surface area contributed by atoms with Crippen LogP contribution in [0.2, 0.25) is 0 Å². The number of anilines is 1. The first kappa shape index (κ1) is 21.9. The fourth-order valence-corrected chi connectivity index (χ4v) is 4.45. The molecule has 2 aromatic carbocycles. The molecule has 1 aliphatic rings. The highest BCUT2D eigenvalue weighted by Gasteiger charge is 2.13. The van der Waals surface area contributed by atoms with E-state index in [-0.39, 0.29) is 5.91 Å². The SMILES string of the molecule is O=C(NN=Cc1ccc(N2CCOCC2)s1)c1ccc(Cn2nnc(-c3ccccc3)n2)cc1. The first-order valence-electron chi connectivity index (χ1n) is 10.9. The minimum Gasteiger partial charge on any atom is -0.378 e. The number of ether oxygens (including phenoxy) is 1. The summed E-state index contributed by atoms with van der Waals surface area (Å²) in [6.07, 6.45) is 1.67. The van der Waals surface area contributed by atoms with Crippen molar-refractivity contribution in [1.29, 1.82) is 0 Å². The molecule has 2 aromatic heterocycles. The predicted molar refractivity (Wildman–Crippen MR) is 131 cm³/mol. The number of nitrogens with one attached hydrogen (secondary N) is 1. The average molecular weight is 474 g/mol. The van der Waals surface area contributed by atoms with Crippen molar-refractivity contribution >= 4 is 28.5 Å². The number of tetrazole rings is 1. The highest BCUT2D eigenvalue weighted by molar-refractivity contribution is 7.17. The zero-order chi connectivity index (χ0) is 23.2. The van der Waals surface area contributed by atoms with Gasteiger partial charge in [0.15, 0.2) is 0 Å². The molecule has 0 unspecified atom stereocenters. The van der Waals surface area contributed by atoms with E-state index in [0.29, 0.717) is 17.9 Å². The number of thiophene rings is 1. The van der Waals surface area contributed by atoms with E-state index < -0.39 is 0 Å². The van der Waals surface area contributed by atoms with Gasteiger partial charge in [-0.3, -0.25) is 4.79 Å². The number of hydrazone groups is 1. The lowest BCUT2D eigenvalue weighted by Crippen LogP contribution is -2.35. The number of morpholine rings is 1. The third-order valence-corrected chi connectivity index (χ3v) is 6.40. The number of aromatic nitrogens is 4. The molecule has 34 heavy (non-hydrogen) atoms. The number of hydrogen-bond acceptors (Lipinski definition) is 8. The van der Waals surface area contributed by atoms with E-state index in [1.165, 1.54) is 9.80 Å². The van der Waals surface area contributed by atoms with Crippen LogP contribution in [0.15, 0.2) is 71.8 Å². The second-order valence-electron chi connectivity index (χ2n) is 7.68. The van der Waals surface area contributed by atoms with E-state index in [2.05, 4.69) is 36.9 Å². The van der Waals surface area contributed by atoms with Gasteiger partial charge in [0.1, 0.15) is 0 Å². The summed E-state index contributed by atoms with van der Waals surface area (Å²) in [7, 11) is 0. The first-order chi connectivity index (χ1) is 16.7. The summed E-state index contributed by atoms with van der Waals surface area (Å²) in [4.78, 5) is 17.2. The molecule has 1 N–H and O–H groups in total. The summed E-state index contributed by atoms with van der Waals surface area (Å²) < 4.78 is 5.39. The lowest BCUT2D eigenvalue weighted by atomic mass is 10.1. The van der Waals surface area contributed by atoms with Gasteiger partial charge in [0.2, 0.25) is 5.82 Å². The molecule has 1 amide bonds. The molecule has 172 valence electrons. The fraction of sp³-hybridized carbons (Fsp3) is 0.208. The molecule has 1 fully saturated rings. The third kappa shape index (κ3) is 5.36. The van der Waals surface area contributed by atoms with Gasteiger partial charge in [-0.15, -0.1) is 21.5 Å². The van der Waals surface area contributed by atoms with Gasteiger partial charge in [-0.25, -0.2) is 5.43 Å². The van der Waals surface area contributed by atoms with Crippen LogP contribution in [0.5, 0.6) is 0 Å². The van der Waals surface area contributed by atoms with E-state index in [9.17, 15) is 4.79 Å². The maximum absolute atomic E-state index is 12.4. The Bertz CT molecular complexity index is 1260. The Hall–Kier alpha value is -3.89. The van der Waals surface area contributed by atoms with Gasteiger partial charge in [-0.1, -0.05) is 42.5 Å². The molecule has 5 rings (SSSR count). The van der Waals surface area contributed by atoms with Gasteiger partial charge in [0, 0.05) is 29.1 Å². The molecule has 1 aliphatic heterocycles. The minimum atomic E-state index is -0.266. The van der Waals surface area contributed by atoms with Crippen LogP contribution in [0.3, 0.4) is 0 Å². The van der Waals surface area contributed by atoms with Gasteiger partial charge >= 0.3 is 0 Å². The van der Waals surface area contributed by atoms with Crippen LogP contribution in [0, 0.1) is 0 Å². The number of benzene rings is 2. The highest BCUT2D eigenvalue weighted by Crippen LogP contribution is 2.25. The molecule has 0 radical (unpaired) electrons. The quantitative estimate of drug-likeness (QED) is 0.327. The molecular formula is C24H23N7O2S. The number of carbonyl (C=O) groups is 1. The van der Waals surface area contributed by atoms with Crippen molar-refractivity contribution < 1.29 is 9.53 Å². The Balaban J connectivity index is 1.14. The van der Waals surface area contributed by atoms with E-state index in [1.807, 2.05) is 48.5 Å². The molecule has 10 heteroatoms. The van der Waals surface area contributed by atoms with Crippen LogP contribution < -0.4 is 10.3 Å². The molecule has 3 heterocycles. The molecule has 0 aliphatic carbocycles. The topological polar surface area (TPSA) is 97.5 Å². The smallest absolute Gasteiger partial charge is 0.271 e. The zero-order valence-corrected chi connectivity index (χ0v) is 19.2. The summed E-state index contributed by atoms with van der Waals surface area (Å²) in [5.41, 5.74) is 5.00. The number of nitrogens with zero attached hydrogens (tertiary/aromatic N) is 6.